The fraction of sp³-hybridized carbons (Fsp3) is 0.846. The van der Waals surface area contributed by atoms with Gasteiger partial charge in [0, 0.05) is 6.54 Å². The van der Waals surface area contributed by atoms with Gasteiger partial charge in [0.2, 0.25) is 0 Å². The first kappa shape index (κ1) is 16.7. The minimum Gasteiger partial charge on any atom is -0.465 e. The molecule has 0 aromatic carbocycles. The molecule has 0 saturated carbocycles. The van der Waals surface area contributed by atoms with Crippen molar-refractivity contribution in [3.63, 3.8) is 0 Å². The van der Waals surface area contributed by atoms with Crippen LogP contribution in [0.3, 0.4) is 0 Å². The Kier molecular flexibility index (Phi) is 6.73. The third-order valence-electron chi connectivity index (χ3n) is 2.22. The second-order valence-corrected chi connectivity index (χ2v) is 5.97. The van der Waals surface area contributed by atoms with E-state index in [2.05, 4.69) is 5.32 Å². The van der Waals surface area contributed by atoms with E-state index < -0.39 is 11.7 Å². The standard InChI is InChI=1S/C13H25NO4/c1-9(2)6-10(8-14-12(16)17)7-11(15)18-13(3,4)5/h9-10,14H,6-8H2,1-5H3,(H,16,17)/t10-/m0/s1. The van der Waals surface area contributed by atoms with E-state index in [1.165, 1.54) is 0 Å². The van der Waals surface area contributed by atoms with E-state index in [9.17, 15) is 9.59 Å². The molecule has 0 spiro atoms. The summed E-state index contributed by atoms with van der Waals surface area (Å²) in [5, 5.41) is 10.9. The van der Waals surface area contributed by atoms with E-state index in [1.54, 1.807) is 0 Å². The van der Waals surface area contributed by atoms with E-state index in [0.29, 0.717) is 5.92 Å². The second-order valence-electron chi connectivity index (χ2n) is 5.97. The monoisotopic (exact) mass is 259 g/mol. The molecule has 1 atom stereocenters. The topological polar surface area (TPSA) is 75.6 Å². The number of hydrogen-bond acceptors (Lipinski definition) is 3. The fourth-order valence-electron chi connectivity index (χ4n) is 1.76. The average molecular weight is 259 g/mol. The summed E-state index contributed by atoms with van der Waals surface area (Å²) >= 11 is 0. The zero-order chi connectivity index (χ0) is 14.3. The van der Waals surface area contributed by atoms with Crippen molar-refractivity contribution in [2.45, 2.75) is 53.1 Å². The molecule has 0 heterocycles. The van der Waals surface area contributed by atoms with Crippen LogP contribution in [-0.4, -0.2) is 29.3 Å². The number of carbonyl (C=O) groups is 2. The molecule has 0 unspecified atom stereocenters. The van der Waals surface area contributed by atoms with E-state index in [0.717, 1.165) is 6.42 Å². The Balaban J connectivity index is 4.30. The molecule has 0 aliphatic heterocycles. The van der Waals surface area contributed by atoms with Crippen molar-refractivity contribution in [3.8, 4) is 0 Å². The summed E-state index contributed by atoms with van der Waals surface area (Å²) in [5.74, 6) is 0.115. The Morgan fingerprint density at radius 3 is 2.22 bits per heavy atom. The van der Waals surface area contributed by atoms with Crippen LogP contribution in [0, 0.1) is 11.8 Å². The van der Waals surface area contributed by atoms with Gasteiger partial charge in [0.15, 0.2) is 0 Å². The maximum absolute atomic E-state index is 11.7. The van der Waals surface area contributed by atoms with Gasteiger partial charge in [0.05, 0.1) is 6.42 Å². The highest BCUT2D eigenvalue weighted by molar-refractivity contribution is 5.70. The summed E-state index contributed by atoms with van der Waals surface area (Å²) in [6.45, 7) is 9.83. The van der Waals surface area contributed by atoms with Crippen LogP contribution in [0.15, 0.2) is 0 Å². The summed E-state index contributed by atoms with van der Waals surface area (Å²) in [6.07, 6.45) is -0.0251. The van der Waals surface area contributed by atoms with E-state index in [-0.39, 0.29) is 24.9 Å². The molecule has 0 rings (SSSR count). The van der Waals surface area contributed by atoms with Crippen LogP contribution in [0.25, 0.3) is 0 Å². The first-order valence-corrected chi connectivity index (χ1v) is 6.28. The normalized spacial score (nSPS) is 13.2. The van der Waals surface area contributed by atoms with E-state index >= 15 is 0 Å². The van der Waals surface area contributed by atoms with E-state index in [1.807, 2.05) is 34.6 Å². The van der Waals surface area contributed by atoms with Crippen molar-refractivity contribution in [3.05, 3.63) is 0 Å². The Hall–Kier alpha value is -1.26. The number of carbonyl (C=O) groups excluding carboxylic acids is 1. The molecule has 5 nitrogen and oxygen atoms in total. The number of carboxylic acid groups (broad SMARTS) is 1. The molecule has 0 radical (unpaired) electrons. The van der Waals surface area contributed by atoms with Crippen molar-refractivity contribution >= 4 is 12.1 Å². The molecule has 0 aliphatic carbocycles. The van der Waals surface area contributed by atoms with Crippen LogP contribution in [0.1, 0.15) is 47.5 Å². The Morgan fingerprint density at radius 2 is 1.83 bits per heavy atom. The van der Waals surface area contributed by atoms with Gasteiger partial charge in [0.1, 0.15) is 5.60 Å². The summed E-state index contributed by atoms with van der Waals surface area (Å²) in [5.41, 5.74) is -0.500. The quantitative estimate of drug-likeness (QED) is 0.719. The minimum absolute atomic E-state index is 0.0176. The highest BCUT2D eigenvalue weighted by Gasteiger charge is 2.21. The molecule has 0 fully saturated rings. The fourth-order valence-corrected chi connectivity index (χ4v) is 1.76. The van der Waals surface area contributed by atoms with Gasteiger partial charge in [-0.25, -0.2) is 4.79 Å². The Bertz CT molecular complexity index is 281. The van der Waals surface area contributed by atoms with Gasteiger partial charge < -0.3 is 15.2 Å². The lowest BCUT2D eigenvalue weighted by Gasteiger charge is -2.23. The number of amides is 1. The van der Waals surface area contributed by atoms with Crippen LogP contribution in [0.2, 0.25) is 0 Å². The molecule has 5 heteroatoms. The molecule has 0 bridgehead atoms. The highest BCUT2D eigenvalue weighted by Crippen LogP contribution is 2.17. The number of esters is 1. The molecule has 106 valence electrons. The van der Waals surface area contributed by atoms with Crippen molar-refractivity contribution in [1.29, 1.82) is 0 Å². The molecule has 2 N–H and O–H groups in total. The third-order valence-corrected chi connectivity index (χ3v) is 2.22. The van der Waals surface area contributed by atoms with Crippen molar-refractivity contribution in [1.82, 2.24) is 5.32 Å². The summed E-state index contributed by atoms with van der Waals surface area (Å²) in [7, 11) is 0. The molecular weight excluding hydrogens is 234 g/mol. The lowest BCUT2D eigenvalue weighted by molar-refractivity contribution is -0.156. The van der Waals surface area contributed by atoms with Gasteiger partial charge in [0.25, 0.3) is 0 Å². The SMILES string of the molecule is CC(C)C[C@H](CNC(=O)O)CC(=O)OC(C)(C)C. The maximum atomic E-state index is 11.7. The Morgan fingerprint density at radius 1 is 1.28 bits per heavy atom. The van der Waals surface area contributed by atoms with Gasteiger partial charge in [-0.05, 0) is 39.0 Å². The van der Waals surface area contributed by atoms with Crippen LogP contribution < -0.4 is 5.32 Å². The number of hydrogen-bond donors (Lipinski definition) is 2. The summed E-state index contributed by atoms with van der Waals surface area (Å²) < 4.78 is 5.24. The zero-order valence-electron chi connectivity index (χ0n) is 11.9. The predicted molar refractivity (Wildman–Crippen MR) is 69.4 cm³/mol. The molecule has 0 aromatic rings. The maximum Gasteiger partial charge on any atom is 0.404 e. The highest BCUT2D eigenvalue weighted by atomic mass is 16.6. The van der Waals surface area contributed by atoms with Crippen LogP contribution in [0.4, 0.5) is 4.79 Å². The van der Waals surface area contributed by atoms with Gasteiger partial charge >= 0.3 is 12.1 Å². The van der Waals surface area contributed by atoms with Crippen molar-refractivity contribution in [2.75, 3.05) is 6.54 Å². The third kappa shape index (κ3) is 9.93. The molecule has 1 amide bonds. The molecule has 18 heavy (non-hydrogen) atoms. The number of ether oxygens (including phenoxy) is 1. The zero-order valence-corrected chi connectivity index (χ0v) is 11.9. The van der Waals surface area contributed by atoms with Crippen LogP contribution in [0.5, 0.6) is 0 Å². The van der Waals surface area contributed by atoms with Crippen molar-refractivity contribution in [2.24, 2.45) is 11.8 Å². The lowest BCUT2D eigenvalue weighted by Crippen LogP contribution is -2.32. The minimum atomic E-state index is -1.06. The smallest absolute Gasteiger partial charge is 0.404 e. The average Bonchev–Trinajstić information content (AvgIpc) is 2.09. The Labute approximate surface area is 109 Å². The van der Waals surface area contributed by atoms with Gasteiger partial charge in [-0.15, -0.1) is 0 Å². The molecule has 0 saturated heterocycles. The second kappa shape index (κ2) is 7.24. The van der Waals surface area contributed by atoms with Crippen molar-refractivity contribution < 1.29 is 19.4 Å². The van der Waals surface area contributed by atoms with Crippen LogP contribution >= 0.6 is 0 Å². The number of nitrogens with one attached hydrogen (secondary N) is 1. The number of rotatable bonds is 6. The predicted octanol–water partition coefficient (Wildman–Crippen LogP) is 2.65. The van der Waals surface area contributed by atoms with Gasteiger partial charge in [-0.2, -0.15) is 0 Å². The summed E-state index contributed by atoms with van der Waals surface area (Å²) in [4.78, 5) is 22.2. The molecule has 0 aromatic heterocycles. The first-order chi connectivity index (χ1) is 8.10. The molecule has 0 aliphatic rings. The molecular formula is C13H25NO4. The lowest BCUT2D eigenvalue weighted by atomic mass is 9.94. The van der Waals surface area contributed by atoms with E-state index in [4.69, 9.17) is 9.84 Å². The first-order valence-electron chi connectivity index (χ1n) is 6.28. The van der Waals surface area contributed by atoms with Gasteiger partial charge in [-0.3, -0.25) is 4.79 Å². The summed E-state index contributed by atoms with van der Waals surface area (Å²) in [6, 6.07) is 0. The largest absolute Gasteiger partial charge is 0.465 e. The van der Waals surface area contributed by atoms with Gasteiger partial charge in [-0.1, -0.05) is 13.8 Å². The van der Waals surface area contributed by atoms with Crippen LogP contribution in [-0.2, 0) is 9.53 Å².